The quantitative estimate of drug-likeness (QED) is 0.486. The fourth-order valence-electron chi connectivity index (χ4n) is 2.56. The van der Waals surface area contributed by atoms with Crippen LogP contribution < -0.4 is 9.47 Å². The van der Waals surface area contributed by atoms with Crippen LogP contribution in [0.25, 0.3) is 0 Å². The van der Waals surface area contributed by atoms with Crippen molar-refractivity contribution >= 4 is 5.97 Å². The first-order valence-corrected chi connectivity index (χ1v) is 8.67. The molecule has 24 heavy (non-hydrogen) atoms. The summed E-state index contributed by atoms with van der Waals surface area (Å²) in [5.41, 5.74) is 0.872. The van der Waals surface area contributed by atoms with Crippen molar-refractivity contribution in [3.05, 3.63) is 17.7 Å². The van der Waals surface area contributed by atoms with Crippen LogP contribution in [0.15, 0.2) is 12.1 Å². The molecule has 5 nitrogen and oxygen atoms in total. The number of unbranched alkanes of at least 4 members (excludes halogenated alkanes) is 3. The van der Waals surface area contributed by atoms with Crippen molar-refractivity contribution in [1.82, 2.24) is 0 Å². The summed E-state index contributed by atoms with van der Waals surface area (Å²) in [5.74, 6) is 0.268. The van der Waals surface area contributed by atoms with Crippen molar-refractivity contribution in [1.29, 1.82) is 0 Å². The largest absolute Gasteiger partial charge is 0.502 e. The van der Waals surface area contributed by atoms with E-state index in [1.54, 1.807) is 12.1 Å². The van der Waals surface area contributed by atoms with Crippen LogP contribution in [-0.4, -0.2) is 31.9 Å². The Bertz CT molecular complexity index is 487. The van der Waals surface area contributed by atoms with Gasteiger partial charge in [0, 0.05) is 0 Å². The zero-order chi connectivity index (χ0) is 17.9. The first kappa shape index (κ1) is 20.1. The van der Waals surface area contributed by atoms with Crippen LogP contribution in [0.1, 0.15) is 51.5 Å². The van der Waals surface area contributed by atoms with Crippen molar-refractivity contribution < 1.29 is 24.1 Å². The Morgan fingerprint density at radius 3 is 2.21 bits per heavy atom. The standard InChI is InChI=1S/C19H30O5/c1-5-7-8-9-10-24-19(21)15(6-2)11-14-12-16(22-3)18(20)17(13-14)23-4/h12-13,15,20H,5-11H2,1-4H3. The summed E-state index contributed by atoms with van der Waals surface area (Å²) < 4.78 is 15.7. The summed E-state index contributed by atoms with van der Waals surface area (Å²) in [6.45, 7) is 4.61. The highest BCUT2D eigenvalue weighted by atomic mass is 16.5. The molecule has 0 heterocycles. The third kappa shape index (κ3) is 5.95. The molecule has 1 unspecified atom stereocenters. The van der Waals surface area contributed by atoms with E-state index in [-0.39, 0.29) is 17.6 Å². The van der Waals surface area contributed by atoms with Gasteiger partial charge in [-0.1, -0.05) is 33.1 Å². The fraction of sp³-hybridized carbons (Fsp3) is 0.632. The van der Waals surface area contributed by atoms with Gasteiger partial charge in [0.05, 0.1) is 26.7 Å². The maximum absolute atomic E-state index is 12.3. The number of carbonyl (C=O) groups is 1. The molecule has 0 saturated heterocycles. The summed E-state index contributed by atoms with van der Waals surface area (Å²) >= 11 is 0. The third-order valence-electron chi connectivity index (χ3n) is 4.09. The van der Waals surface area contributed by atoms with Gasteiger partial charge in [-0.2, -0.15) is 0 Å². The molecule has 0 aliphatic carbocycles. The van der Waals surface area contributed by atoms with Crippen LogP contribution >= 0.6 is 0 Å². The Hall–Kier alpha value is -1.91. The van der Waals surface area contributed by atoms with E-state index >= 15 is 0 Å². The van der Waals surface area contributed by atoms with Crippen molar-refractivity contribution in [2.45, 2.75) is 52.4 Å². The topological polar surface area (TPSA) is 65.0 Å². The van der Waals surface area contributed by atoms with Crippen molar-refractivity contribution in [3.63, 3.8) is 0 Å². The number of rotatable bonds is 11. The Morgan fingerprint density at radius 2 is 1.71 bits per heavy atom. The van der Waals surface area contributed by atoms with Crippen LogP contribution in [-0.2, 0) is 16.0 Å². The van der Waals surface area contributed by atoms with Gasteiger partial charge in [0.2, 0.25) is 5.75 Å². The third-order valence-corrected chi connectivity index (χ3v) is 4.09. The molecule has 1 atom stereocenters. The Labute approximate surface area is 144 Å². The molecule has 0 spiro atoms. The molecule has 0 bridgehead atoms. The lowest BCUT2D eigenvalue weighted by atomic mass is 9.96. The number of ether oxygens (including phenoxy) is 3. The Kier molecular flexibility index (Phi) is 9.05. The van der Waals surface area contributed by atoms with E-state index < -0.39 is 0 Å². The van der Waals surface area contributed by atoms with Gasteiger partial charge in [-0.25, -0.2) is 0 Å². The van der Waals surface area contributed by atoms with Crippen LogP contribution in [0.4, 0.5) is 0 Å². The van der Waals surface area contributed by atoms with E-state index in [0.29, 0.717) is 30.9 Å². The summed E-state index contributed by atoms with van der Waals surface area (Å²) in [6, 6.07) is 3.46. The number of phenolic OH excluding ortho intramolecular Hbond substituents is 1. The zero-order valence-electron chi connectivity index (χ0n) is 15.3. The molecule has 1 rings (SSSR count). The van der Waals surface area contributed by atoms with Gasteiger partial charge < -0.3 is 19.3 Å². The van der Waals surface area contributed by atoms with Gasteiger partial charge >= 0.3 is 5.97 Å². The maximum Gasteiger partial charge on any atom is 0.309 e. The highest BCUT2D eigenvalue weighted by Gasteiger charge is 2.20. The van der Waals surface area contributed by atoms with Gasteiger partial charge in [-0.3, -0.25) is 4.79 Å². The second kappa shape index (κ2) is 10.8. The molecule has 0 aliphatic heterocycles. The SMILES string of the molecule is CCCCCCOC(=O)C(CC)Cc1cc(OC)c(O)c(OC)c1. The number of esters is 1. The van der Waals surface area contributed by atoms with Gasteiger partial charge in [0.1, 0.15) is 0 Å². The minimum Gasteiger partial charge on any atom is -0.502 e. The van der Waals surface area contributed by atoms with Gasteiger partial charge in [-0.15, -0.1) is 0 Å². The van der Waals surface area contributed by atoms with Gasteiger partial charge in [0.25, 0.3) is 0 Å². The van der Waals surface area contributed by atoms with E-state index in [1.807, 2.05) is 6.92 Å². The van der Waals surface area contributed by atoms with Crippen molar-refractivity contribution in [3.8, 4) is 17.2 Å². The maximum atomic E-state index is 12.3. The predicted molar refractivity (Wildman–Crippen MR) is 93.8 cm³/mol. The van der Waals surface area contributed by atoms with Crippen LogP contribution in [0.5, 0.6) is 17.2 Å². The summed E-state index contributed by atoms with van der Waals surface area (Å²) in [5, 5.41) is 9.96. The molecule has 0 radical (unpaired) electrons. The molecule has 5 heteroatoms. The van der Waals surface area contributed by atoms with E-state index in [4.69, 9.17) is 14.2 Å². The number of aromatic hydroxyl groups is 1. The minimum atomic E-state index is -0.213. The molecule has 1 aromatic carbocycles. The normalized spacial score (nSPS) is 11.8. The lowest BCUT2D eigenvalue weighted by molar-refractivity contribution is -0.148. The number of hydrogen-bond acceptors (Lipinski definition) is 5. The van der Waals surface area contributed by atoms with Crippen LogP contribution in [0.3, 0.4) is 0 Å². The van der Waals surface area contributed by atoms with E-state index in [9.17, 15) is 9.90 Å². The highest BCUT2D eigenvalue weighted by Crippen LogP contribution is 2.37. The van der Waals surface area contributed by atoms with Crippen LogP contribution in [0, 0.1) is 5.92 Å². The molecule has 0 aliphatic rings. The van der Waals surface area contributed by atoms with Gasteiger partial charge in [-0.05, 0) is 37.0 Å². The summed E-state index contributed by atoms with van der Waals surface area (Å²) in [4.78, 5) is 12.3. The second-order valence-corrected chi connectivity index (χ2v) is 5.89. The van der Waals surface area contributed by atoms with Crippen molar-refractivity contribution in [2.75, 3.05) is 20.8 Å². The molecule has 1 aromatic rings. The monoisotopic (exact) mass is 338 g/mol. The number of methoxy groups -OCH3 is 2. The first-order valence-electron chi connectivity index (χ1n) is 8.67. The molecular weight excluding hydrogens is 308 g/mol. The fourth-order valence-corrected chi connectivity index (χ4v) is 2.56. The molecule has 136 valence electrons. The molecule has 0 amide bonds. The molecule has 1 N–H and O–H groups in total. The molecule has 0 aromatic heterocycles. The average molecular weight is 338 g/mol. The zero-order valence-corrected chi connectivity index (χ0v) is 15.3. The average Bonchev–Trinajstić information content (AvgIpc) is 2.60. The number of hydrogen-bond donors (Lipinski definition) is 1. The van der Waals surface area contributed by atoms with Crippen molar-refractivity contribution in [2.24, 2.45) is 5.92 Å². The summed E-state index contributed by atoms with van der Waals surface area (Å²) in [6.07, 6.45) is 5.55. The number of phenols is 1. The molecule has 0 fully saturated rings. The minimum absolute atomic E-state index is 0.0321. The smallest absolute Gasteiger partial charge is 0.309 e. The molecule has 0 saturated carbocycles. The first-order chi connectivity index (χ1) is 11.6. The lowest BCUT2D eigenvalue weighted by Gasteiger charge is -2.16. The van der Waals surface area contributed by atoms with E-state index in [0.717, 1.165) is 24.8 Å². The molecular formula is C19H30O5. The van der Waals surface area contributed by atoms with E-state index in [1.165, 1.54) is 20.6 Å². The lowest BCUT2D eigenvalue weighted by Crippen LogP contribution is -2.20. The Morgan fingerprint density at radius 1 is 1.08 bits per heavy atom. The van der Waals surface area contributed by atoms with Gasteiger partial charge in [0.15, 0.2) is 11.5 Å². The number of benzene rings is 1. The Balaban J connectivity index is 2.68. The second-order valence-electron chi connectivity index (χ2n) is 5.89. The highest BCUT2D eigenvalue weighted by molar-refractivity contribution is 5.73. The van der Waals surface area contributed by atoms with Crippen LogP contribution in [0.2, 0.25) is 0 Å². The van der Waals surface area contributed by atoms with E-state index in [2.05, 4.69) is 6.92 Å². The number of carbonyl (C=O) groups excluding carboxylic acids is 1. The summed E-state index contributed by atoms with van der Waals surface area (Å²) in [7, 11) is 2.97. The predicted octanol–water partition coefficient (Wildman–Crippen LogP) is 4.10.